The fourth-order valence-electron chi connectivity index (χ4n) is 2.34. The molecule has 1 N–H and O–H groups in total. The molecule has 2 unspecified atom stereocenters. The molecular weight excluding hydrogens is 222 g/mol. The van der Waals surface area contributed by atoms with Crippen molar-refractivity contribution < 1.29 is 4.74 Å². The fourth-order valence-corrected chi connectivity index (χ4v) is 2.34. The molecule has 0 spiro atoms. The lowest BCUT2D eigenvalue weighted by Gasteiger charge is -2.20. The van der Waals surface area contributed by atoms with Gasteiger partial charge in [0.15, 0.2) is 0 Å². The zero-order chi connectivity index (χ0) is 12.8. The Morgan fingerprint density at radius 1 is 1.44 bits per heavy atom. The molecule has 2 nitrogen and oxygen atoms in total. The van der Waals surface area contributed by atoms with Crippen molar-refractivity contribution in [3.63, 3.8) is 0 Å². The van der Waals surface area contributed by atoms with Crippen LogP contribution < -0.4 is 10.1 Å². The second kappa shape index (κ2) is 6.60. The summed E-state index contributed by atoms with van der Waals surface area (Å²) in [6.07, 6.45) is 8.21. The van der Waals surface area contributed by atoms with Gasteiger partial charge in [0.1, 0.15) is 11.9 Å². The lowest BCUT2D eigenvalue weighted by atomic mass is 10.0. The summed E-state index contributed by atoms with van der Waals surface area (Å²) in [5.41, 5.74) is 1.29. The Morgan fingerprint density at radius 2 is 2.33 bits per heavy atom. The van der Waals surface area contributed by atoms with E-state index in [0.717, 1.165) is 18.7 Å². The number of nitrogens with one attached hydrogen (secondary N) is 1. The average Bonchev–Trinajstić information content (AvgIpc) is 2.40. The van der Waals surface area contributed by atoms with Crippen LogP contribution in [0.5, 0.6) is 5.75 Å². The maximum absolute atomic E-state index is 6.01. The lowest BCUT2D eigenvalue weighted by Crippen LogP contribution is -2.18. The number of benzene rings is 1. The van der Waals surface area contributed by atoms with E-state index in [1.54, 1.807) is 0 Å². The van der Waals surface area contributed by atoms with E-state index >= 15 is 0 Å². The zero-order valence-electron chi connectivity index (χ0n) is 11.4. The molecule has 0 bridgehead atoms. The Labute approximate surface area is 110 Å². The van der Waals surface area contributed by atoms with Crippen LogP contribution in [-0.2, 0) is 0 Å². The van der Waals surface area contributed by atoms with Gasteiger partial charge in [-0.1, -0.05) is 25.1 Å². The molecule has 1 aliphatic rings. The van der Waals surface area contributed by atoms with Crippen LogP contribution in [0.1, 0.15) is 44.7 Å². The molecule has 1 aromatic rings. The Balaban J connectivity index is 2.02. The largest absolute Gasteiger partial charge is 0.486 e. The van der Waals surface area contributed by atoms with Crippen molar-refractivity contribution in [3.05, 3.63) is 42.0 Å². The highest BCUT2D eigenvalue weighted by molar-refractivity contribution is 5.30. The summed E-state index contributed by atoms with van der Waals surface area (Å²) in [5.74, 6) is 0.980. The highest BCUT2D eigenvalue weighted by Gasteiger charge is 2.11. The minimum Gasteiger partial charge on any atom is -0.486 e. The van der Waals surface area contributed by atoms with Gasteiger partial charge in [-0.2, -0.15) is 0 Å². The van der Waals surface area contributed by atoms with Gasteiger partial charge in [-0.05, 0) is 56.5 Å². The van der Waals surface area contributed by atoms with Crippen molar-refractivity contribution in [1.29, 1.82) is 0 Å². The van der Waals surface area contributed by atoms with E-state index in [9.17, 15) is 0 Å². The van der Waals surface area contributed by atoms with Crippen LogP contribution in [0.3, 0.4) is 0 Å². The molecule has 0 fully saturated rings. The Morgan fingerprint density at radius 3 is 3.06 bits per heavy atom. The fraction of sp³-hybridized carbons (Fsp3) is 0.500. The highest BCUT2D eigenvalue weighted by atomic mass is 16.5. The molecule has 1 aromatic carbocycles. The molecule has 0 aromatic heterocycles. The third-order valence-electron chi connectivity index (χ3n) is 3.37. The second-order valence-electron chi connectivity index (χ2n) is 4.87. The molecule has 2 heteroatoms. The van der Waals surface area contributed by atoms with E-state index in [0.29, 0.717) is 6.04 Å². The van der Waals surface area contributed by atoms with Crippen LogP contribution in [0, 0.1) is 0 Å². The molecule has 18 heavy (non-hydrogen) atoms. The van der Waals surface area contributed by atoms with Gasteiger partial charge in [-0.15, -0.1) is 0 Å². The second-order valence-corrected chi connectivity index (χ2v) is 4.87. The van der Waals surface area contributed by atoms with E-state index in [4.69, 9.17) is 4.74 Å². The van der Waals surface area contributed by atoms with Crippen LogP contribution in [0.15, 0.2) is 36.4 Å². The minimum absolute atomic E-state index is 0.253. The maximum atomic E-state index is 6.01. The first-order valence-electron chi connectivity index (χ1n) is 6.96. The quantitative estimate of drug-likeness (QED) is 0.796. The summed E-state index contributed by atoms with van der Waals surface area (Å²) in [6, 6.07) is 8.79. The Kier molecular flexibility index (Phi) is 4.82. The van der Waals surface area contributed by atoms with Gasteiger partial charge in [0.05, 0.1) is 0 Å². The third-order valence-corrected chi connectivity index (χ3v) is 3.37. The summed E-state index contributed by atoms with van der Waals surface area (Å²) in [5, 5.41) is 3.42. The summed E-state index contributed by atoms with van der Waals surface area (Å²) < 4.78 is 6.01. The molecule has 0 saturated heterocycles. The normalized spacial score (nSPS) is 20.7. The molecule has 0 aliphatic heterocycles. The van der Waals surface area contributed by atoms with Crippen molar-refractivity contribution in [1.82, 2.24) is 5.32 Å². The van der Waals surface area contributed by atoms with Crippen molar-refractivity contribution >= 4 is 0 Å². The van der Waals surface area contributed by atoms with Crippen LogP contribution in [0.4, 0.5) is 0 Å². The van der Waals surface area contributed by atoms with Gasteiger partial charge >= 0.3 is 0 Å². The first kappa shape index (κ1) is 13.2. The standard InChI is InChI=1S/C16H23NO/c1-3-17-13(2)14-8-7-11-16(12-14)18-15-9-5-4-6-10-15/h5,7-9,11-13,15,17H,3-4,6,10H2,1-2H3. The molecule has 2 rings (SSSR count). The number of allylic oxidation sites excluding steroid dienone is 1. The number of ether oxygens (including phenoxy) is 1. The van der Waals surface area contributed by atoms with Gasteiger partial charge < -0.3 is 10.1 Å². The van der Waals surface area contributed by atoms with Gasteiger partial charge in [-0.25, -0.2) is 0 Å². The molecule has 98 valence electrons. The molecule has 0 amide bonds. The van der Waals surface area contributed by atoms with E-state index in [1.807, 2.05) is 6.07 Å². The van der Waals surface area contributed by atoms with Crippen molar-refractivity contribution in [3.8, 4) is 5.75 Å². The third kappa shape index (κ3) is 3.61. The van der Waals surface area contributed by atoms with E-state index in [2.05, 4.69) is 49.5 Å². The summed E-state index contributed by atoms with van der Waals surface area (Å²) >= 11 is 0. The van der Waals surface area contributed by atoms with E-state index < -0.39 is 0 Å². The van der Waals surface area contributed by atoms with E-state index in [-0.39, 0.29) is 6.10 Å². The summed E-state index contributed by atoms with van der Waals surface area (Å²) in [6.45, 7) is 5.30. The topological polar surface area (TPSA) is 21.3 Å². The van der Waals surface area contributed by atoms with Gasteiger partial charge in [-0.3, -0.25) is 0 Å². The summed E-state index contributed by atoms with van der Waals surface area (Å²) in [4.78, 5) is 0. The Bertz CT molecular complexity index is 400. The van der Waals surface area contributed by atoms with E-state index in [1.165, 1.54) is 18.4 Å². The van der Waals surface area contributed by atoms with Gasteiger partial charge in [0.2, 0.25) is 0 Å². The Hall–Kier alpha value is -1.28. The number of hydrogen-bond acceptors (Lipinski definition) is 2. The van der Waals surface area contributed by atoms with Crippen molar-refractivity contribution in [2.45, 2.75) is 45.3 Å². The van der Waals surface area contributed by atoms with Crippen LogP contribution in [0.25, 0.3) is 0 Å². The predicted molar refractivity (Wildman–Crippen MR) is 75.9 cm³/mol. The van der Waals surface area contributed by atoms with Crippen LogP contribution >= 0.6 is 0 Å². The number of rotatable bonds is 5. The van der Waals surface area contributed by atoms with Crippen molar-refractivity contribution in [2.24, 2.45) is 0 Å². The van der Waals surface area contributed by atoms with Gasteiger partial charge in [0, 0.05) is 6.04 Å². The van der Waals surface area contributed by atoms with Crippen LogP contribution in [-0.4, -0.2) is 12.6 Å². The van der Waals surface area contributed by atoms with Crippen LogP contribution in [0.2, 0.25) is 0 Å². The molecule has 0 radical (unpaired) electrons. The van der Waals surface area contributed by atoms with Gasteiger partial charge in [0.25, 0.3) is 0 Å². The predicted octanol–water partition coefficient (Wildman–Crippen LogP) is 3.84. The molecule has 1 aliphatic carbocycles. The summed E-state index contributed by atoms with van der Waals surface area (Å²) in [7, 11) is 0. The first-order chi connectivity index (χ1) is 8.79. The number of hydrogen-bond donors (Lipinski definition) is 1. The molecule has 2 atom stereocenters. The molecular formula is C16H23NO. The highest BCUT2D eigenvalue weighted by Crippen LogP contribution is 2.22. The first-order valence-corrected chi connectivity index (χ1v) is 6.96. The minimum atomic E-state index is 0.253. The zero-order valence-corrected chi connectivity index (χ0v) is 11.4. The van der Waals surface area contributed by atoms with Crippen molar-refractivity contribution in [2.75, 3.05) is 6.54 Å². The monoisotopic (exact) mass is 245 g/mol. The SMILES string of the molecule is CCNC(C)c1cccc(OC2C=CCCC2)c1. The smallest absolute Gasteiger partial charge is 0.120 e. The maximum Gasteiger partial charge on any atom is 0.120 e. The molecule has 0 saturated carbocycles. The average molecular weight is 245 g/mol. The molecule has 0 heterocycles. The lowest BCUT2D eigenvalue weighted by molar-refractivity contribution is 0.229.